The van der Waals surface area contributed by atoms with Gasteiger partial charge < -0.3 is 10.5 Å². The molecule has 2 heteroatoms. The maximum Gasteiger partial charge on any atom is 0.131 e. The van der Waals surface area contributed by atoms with Gasteiger partial charge in [0.1, 0.15) is 11.5 Å². The zero-order valence-corrected chi connectivity index (χ0v) is 13.4. The molecule has 21 heavy (non-hydrogen) atoms. The fourth-order valence-electron chi connectivity index (χ4n) is 2.40. The molecule has 0 fully saturated rings. The zero-order valence-electron chi connectivity index (χ0n) is 13.4. The van der Waals surface area contributed by atoms with Crippen LogP contribution in [0.4, 0.5) is 0 Å². The molecular formula is C19H25NO. The number of benzene rings is 2. The second-order valence-corrected chi connectivity index (χ2v) is 5.94. The van der Waals surface area contributed by atoms with Crippen LogP contribution in [0.2, 0.25) is 0 Å². The third-order valence-corrected chi connectivity index (χ3v) is 3.70. The minimum atomic E-state index is 0.438. The smallest absolute Gasteiger partial charge is 0.131 e. The lowest BCUT2D eigenvalue weighted by molar-refractivity contribution is 0.468. The Morgan fingerprint density at radius 3 is 2.43 bits per heavy atom. The highest BCUT2D eigenvalue weighted by atomic mass is 16.5. The summed E-state index contributed by atoms with van der Waals surface area (Å²) in [5.74, 6) is 2.32. The van der Waals surface area contributed by atoms with Crippen LogP contribution in [0, 0.1) is 13.8 Å². The highest BCUT2D eigenvalue weighted by Crippen LogP contribution is 2.33. The van der Waals surface area contributed by atoms with E-state index < -0.39 is 0 Å². The quantitative estimate of drug-likeness (QED) is 0.861. The summed E-state index contributed by atoms with van der Waals surface area (Å²) in [6.07, 6.45) is 0.876. The van der Waals surface area contributed by atoms with Gasteiger partial charge in [-0.15, -0.1) is 0 Å². The van der Waals surface area contributed by atoms with Crippen LogP contribution in [0.5, 0.6) is 11.5 Å². The molecule has 0 atom stereocenters. The van der Waals surface area contributed by atoms with Crippen molar-refractivity contribution in [1.82, 2.24) is 0 Å². The van der Waals surface area contributed by atoms with E-state index in [2.05, 4.69) is 64.1 Å². The van der Waals surface area contributed by atoms with Crippen molar-refractivity contribution in [1.29, 1.82) is 0 Å². The van der Waals surface area contributed by atoms with E-state index in [1.807, 2.05) is 0 Å². The standard InChI is InChI=1S/C19H25NO/c1-13(2)17-8-5-14(3)11-19(17)21-18-12-16(9-10-20)7-6-15(18)4/h5-8,11-13H,9-10,20H2,1-4H3. The lowest BCUT2D eigenvalue weighted by atomic mass is 10.0. The first kappa shape index (κ1) is 15.6. The zero-order chi connectivity index (χ0) is 15.4. The first-order valence-corrected chi connectivity index (χ1v) is 7.59. The van der Waals surface area contributed by atoms with Gasteiger partial charge in [-0.1, -0.05) is 38.1 Å². The summed E-state index contributed by atoms with van der Waals surface area (Å²) in [5, 5.41) is 0. The van der Waals surface area contributed by atoms with Crippen LogP contribution in [-0.4, -0.2) is 6.54 Å². The minimum Gasteiger partial charge on any atom is -0.457 e. The van der Waals surface area contributed by atoms with Crippen LogP contribution in [-0.2, 0) is 6.42 Å². The average molecular weight is 283 g/mol. The molecule has 2 rings (SSSR count). The van der Waals surface area contributed by atoms with Crippen LogP contribution in [0.3, 0.4) is 0 Å². The van der Waals surface area contributed by atoms with Crippen molar-refractivity contribution in [3.63, 3.8) is 0 Å². The lowest BCUT2D eigenvalue weighted by Crippen LogP contribution is -2.03. The van der Waals surface area contributed by atoms with Crippen molar-refractivity contribution in [3.05, 3.63) is 58.7 Å². The number of ether oxygens (including phenoxy) is 1. The fourth-order valence-corrected chi connectivity index (χ4v) is 2.40. The Bertz CT molecular complexity index is 617. The Morgan fingerprint density at radius 1 is 1.00 bits per heavy atom. The van der Waals surface area contributed by atoms with Gasteiger partial charge in [0, 0.05) is 0 Å². The van der Waals surface area contributed by atoms with Crippen molar-refractivity contribution < 1.29 is 4.74 Å². The maximum atomic E-state index is 6.23. The molecule has 0 saturated heterocycles. The molecule has 0 amide bonds. The largest absolute Gasteiger partial charge is 0.457 e. The van der Waals surface area contributed by atoms with Gasteiger partial charge in [0.2, 0.25) is 0 Å². The molecule has 0 spiro atoms. The molecule has 2 aromatic rings. The Labute approximate surface area is 127 Å². The Kier molecular flexibility index (Phi) is 5.03. The van der Waals surface area contributed by atoms with Gasteiger partial charge in [0.05, 0.1) is 0 Å². The van der Waals surface area contributed by atoms with E-state index in [1.54, 1.807) is 0 Å². The number of rotatable bonds is 5. The predicted octanol–water partition coefficient (Wildman–Crippen LogP) is 4.72. The first-order valence-electron chi connectivity index (χ1n) is 7.59. The number of hydrogen-bond acceptors (Lipinski definition) is 2. The van der Waals surface area contributed by atoms with Crippen molar-refractivity contribution in [3.8, 4) is 11.5 Å². The summed E-state index contributed by atoms with van der Waals surface area (Å²) in [6, 6.07) is 12.7. The van der Waals surface area contributed by atoms with E-state index in [0.29, 0.717) is 12.5 Å². The van der Waals surface area contributed by atoms with Gasteiger partial charge in [-0.25, -0.2) is 0 Å². The van der Waals surface area contributed by atoms with Crippen molar-refractivity contribution in [2.75, 3.05) is 6.54 Å². The summed E-state index contributed by atoms with van der Waals surface area (Å²) in [7, 11) is 0. The van der Waals surface area contributed by atoms with Crippen LogP contribution in [0.1, 0.15) is 42.0 Å². The van der Waals surface area contributed by atoms with Crippen molar-refractivity contribution >= 4 is 0 Å². The topological polar surface area (TPSA) is 35.2 Å². The summed E-state index contributed by atoms with van der Waals surface area (Å²) >= 11 is 0. The molecule has 2 nitrogen and oxygen atoms in total. The normalized spacial score (nSPS) is 11.0. The highest BCUT2D eigenvalue weighted by molar-refractivity contribution is 5.45. The highest BCUT2D eigenvalue weighted by Gasteiger charge is 2.11. The molecule has 2 aromatic carbocycles. The maximum absolute atomic E-state index is 6.23. The monoisotopic (exact) mass is 283 g/mol. The second-order valence-electron chi connectivity index (χ2n) is 5.94. The molecular weight excluding hydrogens is 258 g/mol. The molecule has 0 aliphatic rings. The molecule has 0 aromatic heterocycles. The SMILES string of the molecule is Cc1ccc(C(C)C)c(Oc2cc(CCN)ccc2C)c1. The number of hydrogen-bond donors (Lipinski definition) is 1. The van der Waals surface area contributed by atoms with E-state index in [1.165, 1.54) is 16.7 Å². The minimum absolute atomic E-state index is 0.438. The Morgan fingerprint density at radius 2 is 1.76 bits per heavy atom. The Hall–Kier alpha value is -1.80. The van der Waals surface area contributed by atoms with Gasteiger partial charge in [-0.3, -0.25) is 0 Å². The van der Waals surface area contributed by atoms with Crippen molar-refractivity contribution in [2.24, 2.45) is 5.73 Å². The van der Waals surface area contributed by atoms with Crippen LogP contribution >= 0.6 is 0 Å². The summed E-state index contributed by atoms with van der Waals surface area (Å²) < 4.78 is 6.23. The number of nitrogens with two attached hydrogens (primary N) is 1. The second kappa shape index (κ2) is 6.77. The first-order chi connectivity index (χ1) is 10.0. The van der Waals surface area contributed by atoms with E-state index in [9.17, 15) is 0 Å². The average Bonchev–Trinajstić information content (AvgIpc) is 2.42. The number of aryl methyl sites for hydroxylation is 2. The summed E-state index contributed by atoms with van der Waals surface area (Å²) in [6.45, 7) is 9.20. The van der Waals surface area contributed by atoms with Crippen molar-refractivity contribution in [2.45, 2.75) is 40.0 Å². The molecule has 0 heterocycles. The third kappa shape index (κ3) is 3.85. The van der Waals surface area contributed by atoms with Crippen LogP contribution in [0.25, 0.3) is 0 Å². The van der Waals surface area contributed by atoms with E-state index in [0.717, 1.165) is 23.5 Å². The van der Waals surface area contributed by atoms with Gasteiger partial charge >= 0.3 is 0 Å². The Balaban J connectivity index is 2.37. The summed E-state index contributed by atoms with van der Waals surface area (Å²) in [4.78, 5) is 0. The lowest BCUT2D eigenvalue weighted by Gasteiger charge is -2.16. The molecule has 2 N–H and O–H groups in total. The van der Waals surface area contributed by atoms with E-state index >= 15 is 0 Å². The molecule has 0 unspecified atom stereocenters. The molecule has 0 bridgehead atoms. The summed E-state index contributed by atoms with van der Waals surface area (Å²) in [5.41, 5.74) is 10.5. The predicted molar refractivity (Wildman–Crippen MR) is 89.3 cm³/mol. The van der Waals surface area contributed by atoms with E-state index in [4.69, 9.17) is 10.5 Å². The van der Waals surface area contributed by atoms with Crippen LogP contribution < -0.4 is 10.5 Å². The molecule has 0 saturated carbocycles. The van der Waals surface area contributed by atoms with Gasteiger partial charge in [0.25, 0.3) is 0 Å². The van der Waals surface area contributed by atoms with E-state index in [-0.39, 0.29) is 0 Å². The third-order valence-electron chi connectivity index (χ3n) is 3.70. The fraction of sp³-hybridized carbons (Fsp3) is 0.368. The van der Waals surface area contributed by atoms with Crippen LogP contribution in [0.15, 0.2) is 36.4 Å². The van der Waals surface area contributed by atoms with Gasteiger partial charge in [-0.05, 0) is 67.1 Å². The van der Waals surface area contributed by atoms with Gasteiger partial charge in [0.15, 0.2) is 0 Å². The molecule has 0 radical (unpaired) electrons. The van der Waals surface area contributed by atoms with Gasteiger partial charge in [-0.2, -0.15) is 0 Å². The molecule has 0 aliphatic carbocycles. The molecule has 112 valence electrons. The molecule has 0 aliphatic heterocycles.